The first-order valence-electron chi connectivity index (χ1n) is 6.58. The molecule has 0 unspecified atom stereocenters. The monoisotopic (exact) mass is 343 g/mol. The van der Waals surface area contributed by atoms with E-state index < -0.39 is 32.3 Å². The predicted octanol–water partition coefficient (Wildman–Crippen LogP) is 1.87. The summed E-state index contributed by atoms with van der Waals surface area (Å²) >= 11 is 0. The molecule has 0 saturated carbocycles. The third kappa shape index (κ3) is 3.73. The van der Waals surface area contributed by atoms with Crippen LogP contribution in [0.2, 0.25) is 0 Å². The summed E-state index contributed by atoms with van der Waals surface area (Å²) in [6.45, 7) is 3.61. The van der Waals surface area contributed by atoms with Gasteiger partial charge in [0.05, 0.1) is 11.1 Å². The Morgan fingerprint density at radius 1 is 1.35 bits per heavy atom. The van der Waals surface area contributed by atoms with E-state index >= 15 is 0 Å². The summed E-state index contributed by atoms with van der Waals surface area (Å²) in [5, 5.41) is 3.93. The number of rotatable bonds is 4. The zero-order chi connectivity index (χ0) is 17.4. The van der Waals surface area contributed by atoms with E-state index in [0.29, 0.717) is 0 Å². The molecule has 0 fully saturated rings. The first-order valence-corrected chi connectivity index (χ1v) is 8.06. The summed E-state index contributed by atoms with van der Waals surface area (Å²) in [5.41, 5.74) is -1.52. The Balaban J connectivity index is 2.35. The Bertz CT molecular complexity index is 854. The van der Waals surface area contributed by atoms with Crippen molar-refractivity contribution >= 4 is 15.9 Å². The average molecular weight is 343 g/mol. The van der Waals surface area contributed by atoms with Gasteiger partial charge in [-0.2, -0.15) is 5.10 Å². The summed E-state index contributed by atoms with van der Waals surface area (Å²) in [4.78, 5) is 11.0. The minimum atomic E-state index is -4.37. The molecule has 9 heteroatoms. The molecule has 0 aliphatic carbocycles. The van der Waals surface area contributed by atoms with Crippen LogP contribution in [0.25, 0.3) is 5.69 Å². The molecule has 2 aromatic rings. The number of carbonyl (C=O) groups is 1. The van der Waals surface area contributed by atoms with Crippen LogP contribution >= 0.6 is 0 Å². The van der Waals surface area contributed by atoms with E-state index in [2.05, 4.69) is 5.10 Å². The van der Waals surface area contributed by atoms with Gasteiger partial charge in [0.1, 0.15) is 11.5 Å². The number of sulfonamides is 1. The smallest absolute Gasteiger partial charge is 0.270 e. The second-order valence-corrected chi connectivity index (χ2v) is 7.16. The van der Waals surface area contributed by atoms with Gasteiger partial charge in [0.25, 0.3) is 15.9 Å². The maximum atomic E-state index is 14.1. The Morgan fingerprint density at radius 2 is 2.00 bits per heavy atom. The fourth-order valence-electron chi connectivity index (χ4n) is 1.69. The number of alkyl halides is 1. The van der Waals surface area contributed by atoms with Crippen molar-refractivity contribution in [2.75, 3.05) is 0 Å². The Morgan fingerprint density at radius 3 is 2.48 bits per heavy atom. The molecule has 0 aliphatic heterocycles. The summed E-state index contributed by atoms with van der Waals surface area (Å²) in [5.74, 6) is -2.17. The van der Waals surface area contributed by atoms with Crippen molar-refractivity contribution in [1.82, 2.24) is 14.5 Å². The van der Waals surface area contributed by atoms with Crippen LogP contribution < -0.4 is 4.72 Å². The van der Waals surface area contributed by atoms with E-state index in [4.69, 9.17) is 0 Å². The van der Waals surface area contributed by atoms with E-state index in [1.54, 1.807) is 17.8 Å². The lowest BCUT2D eigenvalue weighted by Gasteiger charge is -2.14. The van der Waals surface area contributed by atoms with Crippen LogP contribution in [0.4, 0.5) is 8.78 Å². The summed E-state index contributed by atoms with van der Waals surface area (Å²) in [6.07, 6.45) is 3.09. The van der Waals surface area contributed by atoms with Crippen molar-refractivity contribution in [3.8, 4) is 5.69 Å². The van der Waals surface area contributed by atoms with Gasteiger partial charge in [-0.1, -0.05) is 0 Å². The number of nitrogens with zero attached hydrogens (tertiary/aromatic N) is 2. The van der Waals surface area contributed by atoms with Gasteiger partial charge in [0.15, 0.2) is 5.67 Å². The third-order valence-electron chi connectivity index (χ3n) is 2.95. The van der Waals surface area contributed by atoms with Crippen LogP contribution in [0, 0.1) is 12.7 Å². The largest absolute Gasteiger partial charge is 0.270 e. The minimum Gasteiger partial charge on any atom is -0.270 e. The van der Waals surface area contributed by atoms with E-state index in [-0.39, 0.29) is 5.69 Å². The van der Waals surface area contributed by atoms with Gasteiger partial charge in [0, 0.05) is 6.20 Å². The van der Waals surface area contributed by atoms with Crippen LogP contribution in [-0.4, -0.2) is 29.8 Å². The number of aryl methyl sites for hydroxylation is 1. The zero-order valence-corrected chi connectivity index (χ0v) is 13.5. The number of hydrogen-bond acceptors (Lipinski definition) is 4. The van der Waals surface area contributed by atoms with Gasteiger partial charge < -0.3 is 0 Å². The van der Waals surface area contributed by atoms with Crippen molar-refractivity contribution in [2.45, 2.75) is 31.3 Å². The molecule has 1 aromatic heterocycles. The summed E-state index contributed by atoms with van der Waals surface area (Å²) in [7, 11) is -4.37. The van der Waals surface area contributed by atoms with Crippen LogP contribution in [0.1, 0.15) is 19.4 Å². The fourth-order valence-corrected chi connectivity index (χ4v) is 2.80. The van der Waals surface area contributed by atoms with E-state index in [1.165, 1.54) is 16.9 Å². The van der Waals surface area contributed by atoms with Crippen molar-refractivity contribution in [1.29, 1.82) is 0 Å². The molecule has 23 heavy (non-hydrogen) atoms. The Hall–Kier alpha value is -2.29. The zero-order valence-electron chi connectivity index (χ0n) is 12.7. The SMILES string of the molecule is Cc1cnn(-c2ccc(S(=O)(=O)NC(=O)C(C)(C)F)cc2F)c1. The number of amides is 1. The highest BCUT2D eigenvalue weighted by molar-refractivity contribution is 7.90. The van der Waals surface area contributed by atoms with Gasteiger partial charge in [-0.15, -0.1) is 0 Å². The molecule has 0 atom stereocenters. The molecule has 0 aliphatic rings. The summed E-state index contributed by atoms with van der Waals surface area (Å²) < 4.78 is 54.4. The molecular weight excluding hydrogens is 328 g/mol. The van der Waals surface area contributed by atoms with Crippen molar-refractivity contribution in [3.63, 3.8) is 0 Å². The lowest BCUT2D eigenvalue weighted by molar-refractivity contribution is -0.128. The van der Waals surface area contributed by atoms with Crippen molar-refractivity contribution in [2.24, 2.45) is 0 Å². The van der Waals surface area contributed by atoms with Gasteiger partial charge >= 0.3 is 0 Å². The number of aromatic nitrogens is 2. The molecule has 1 heterocycles. The Kier molecular flexibility index (Phi) is 4.25. The minimum absolute atomic E-state index is 0.0502. The Labute approximate surface area is 132 Å². The van der Waals surface area contributed by atoms with Gasteiger partial charge in [-0.05, 0) is 44.5 Å². The van der Waals surface area contributed by atoms with Crippen LogP contribution in [0.3, 0.4) is 0 Å². The standard InChI is InChI=1S/C14H15F2N3O3S/c1-9-7-17-19(8-9)12-5-4-10(6-11(12)15)23(21,22)18-13(20)14(2,3)16/h4-8H,1-3H3,(H,18,20). The highest BCUT2D eigenvalue weighted by Crippen LogP contribution is 2.19. The molecule has 0 saturated heterocycles. The second-order valence-electron chi connectivity index (χ2n) is 5.48. The highest BCUT2D eigenvalue weighted by Gasteiger charge is 2.31. The van der Waals surface area contributed by atoms with E-state index in [0.717, 1.165) is 31.5 Å². The van der Waals surface area contributed by atoms with Crippen LogP contribution in [0.5, 0.6) is 0 Å². The first-order chi connectivity index (χ1) is 10.5. The molecule has 1 aromatic carbocycles. The maximum Gasteiger partial charge on any atom is 0.270 e. The van der Waals surface area contributed by atoms with Crippen molar-refractivity contribution < 1.29 is 22.0 Å². The third-order valence-corrected chi connectivity index (χ3v) is 4.28. The molecule has 0 radical (unpaired) electrons. The number of halogens is 2. The molecule has 6 nitrogen and oxygen atoms in total. The van der Waals surface area contributed by atoms with Crippen LogP contribution in [0.15, 0.2) is 35.5 Å². The maximum absolute atomic E-state index is 14.1. The average Bonchev–Trinajstić information content (AvgIpc) is 2.83. The lowest BCUT2D eigenvalue weighted by Crippen LogP contribution is -2.42. The van der Waals surface area contributed by atoms with Crippen molar-refractivity contribution in [3.05, 3.63) is 42.0 Å². The van der Waals surface area contributed by atoms with Gasteiger partial charge in [-0.25, -0.2) is 26.6 Å². The fraction of sp³-hybridized carbons (Fsp3) is 0.286. The lowest BCUT2D eigenvalue weighted by atomic mass is 10.2. The second kappa shape index (κ2) is 5.73. The number of benzene rings is 1. The molecule has 0 bridgehead atoms. The topological polar surface area (TPSA) is 81.1 Å². The number of hydrogen-bond donors (Lipinski definition) is 1. The van der Waals surface area contributed by atoms with Gasteiger partial charge in [0.2, 0.25) is 0 Å². The van der Waals surface area contributed by atoms with E-state index in [1.807, 2.05) is 0 Å². The van der Waals surface area contributed by atoms with E-state index in [9.17, 15) is 22.0 Å². The van der Waals surface area contributed by atoms with Gasteiger partial charge in [-0.3, -0.25) is 4.79 Å². The molecule has 2 rings (SSSR count). The molecule has 0 spiro atoms. The molecule has 124 valence electrons. The van der Waals surface area contributed by atoms with Crippen LogP contribution in [-0.2, 0) is 14.8 Å². The normalized spacial score (nSPS) is 12.2. The number of carbonyl (C=O) groups excluding carboxylic acids is 1. The molecular formula is C14H15F2N3O3S. The number of nitrogens with one attached hydrogen (secondary N) is 1. The first kappa shape index (κ1) is 17.1. The highest BCUT2D eigenvalue weighted by atomic mass is 32.2. The predicted molar refractivity (Wildman–Crippen MR) is 78.8 cm³/mol. The molecule has 1 N–H and O–H groups in total. The summed E-state index contributed by atoms with van der Waals surface area (Å²) in [6, 6.07) is 3.06. The quantitative estimate of drug-likeness (QED) is 0.919. The molecule has 1 amide bonds.